The Morgan fingerprint density at radius 2 is 2.18 bits per heavy atom. The number of aromatic nitrogens is 2. The lowest BCUT2D eigenvalue weighted by atomic mass is 10.1. The fraction of sp³-hybridized carbons (Fsp3) is 0.231. The smallest absolute Gasteiger partial charge is 0.254 e. The molecule has 1 aliphatic heterocycles. The van der Waals surface area contributed by atoms with E-state index in [9.17, 15) is 4.79 Å². The number of anilines is 1. The summed E-state index contributed by atoms with van der Waals surface area (Å²) in [7, 11) is 2.04. The Hall–Kier alpha value is -2.10. The molecule has 1 N–H and O–H groups in total. The van der Waals surface area contributed by atoms with Gasteiger partial charge in [-0.3, -0.25) is 4.79 Å². The highest BCUT2D eigenvalue weighted by Crippen LogP contribution is 2.32. The molecule has 0 saturated heterocycles. The first kappa shape index (κ1) is 10.1. The Kier molecular flexibility index (Phi) is 2.21. The lowest BCUT2D eigenvalue weighted by Crippen LogP contribution is -2.21. The number of likely N-dealkylation sites (N-methyl/N-ethyl adjacent to an activating group) is 1. The van der Waals surface area contributed by atoms with E-state index in [2.05, 4.69) is 20.9 Å². The monoisotopic (exact) mass is 227 g/mol. The number of rotatable bonds is 0. The summed E-state index contributed by atoms with van der Waals surface area (Å²) in [4.78, 5) is 21.0. The van der Waals surface area contributed by atoms with Crippen LogP contribution in [0.15, 0.2) is 35.4 Å². The third kappa shape index (κ3) is 1.53. The molecule has 0 radical (unpaired) electrons. The third-order valence-corrected chi connectivity index (χ3v) is 3.22. The van der Waals surface area contributed by atoms with E-state index in [1.165, 1.54) is 6.33 Å². The molecule has 0 aliphatic carbocycles. The van der Waals surface area contributed by atoms with Gasteiger partial charge in [0, 0.05) is 30.4 Å². The number of benzene rings is 1. The van der Waals surface area contributed by atoms with Crippen LogP contribution in [0.5, 0.6) is 0 Å². The third-order valence-electron chi connectivity index (χ3n) is 3.22. The Bertz CT molecular complexity index is 618. The second-order valence-corrected chi connectivity index (χ2v) is 4.25. The van der Waals surface area contributed by atoms with Crippen LogP contribution < -0.4 is 10.5 Å². The Morgan fingerprint density at radius 1 is 1.35 bits per heavy atom. The molecule has 2 aromatic rings. The molecule has 1 aliphatic rings. The molecule has 0 saturated carbocycles. The number of hydrogen-bond donors (Lipinski definition) is 1. The summed E-state index contributed by atoms with van der Waals surface area (Å²) < 4.78 is 0. The first-order chi connectivity index (χ1) is 8.27. The van der Waals surface area contributed by atoms with Crippen molar-refractivity contribution in [1.29, 1.82) is 0 Å². The van der Waals surface area contributed by atoms with E-state index in [1.54, 1.807) is 0 Å². The van der Waals surface area contributed by atoms with Gasteiger partial charge in [-0.2, -0.15) is 0 Å². The second-order valence-electron chi connectivity index (χ2n) is 4.25. The Labute approximate surface area is 98.9 Å². The molecule has 2 heterocycles. The summed E-state index contributed by atoms with van der Waals surface area (Å²) in [5.41, 5.74) is 3.73. The topological polar surface area (TPSA) is 49.0 Å². The van der Waals surface area contributed by atoms with Gasteiger partial charge in [-0.15, -0.1) is 0 Å². The van der Waals surface area contributed by atoms with Crippen molar-refractivity contribution in [3.8, 4) is 11.3 Å². The maximum atomic E-state index is 11.8. The predicted octanol–water partition coefficient (Wildman–Crippen LogP) is 1.43. The van der Waals surface area contributed by atoms with E-state index in [4.69, 9.17) is 0 Å². The second kappa shape index (κ2) is 3.73. The van der Waals surface area contributed by atoms with Gasteiger partial charge in [0.05, 0.1) is 12.0 Å². The summed E-state index contributed by atoms with van der Waals surface area (Å²) in [6, 6.07) is 8.06. The highest BCUT2D eigenvalue weighted by molar-refractivity contribution is 5.79. The first-order valence-corrected chi connectivity index (χ1v) is 5.64. The SMILES string of the molecule is CN1CCc2c(nc[nH]c2=O)-c2ccccc21. The minimum atomic E-state index is -0.0277. The van der Waals surface area contributed by atoms with E-state index in [1.807, 2.05) is 25.2 Å². The van der Waals surface area contributed by atoms with E-state index < -0.39 is 0 Å². The van der Waals surface area contributed by atoms with Crippen molar-refractivity contribution in [2.45, 2.75) is 6.42 Å². The minimum absolute atomic E-state index is 0.0277. The first-order valence-electron chi connectivity index (χ1n) is 5.64. The fourth-order valence-corrected chi connectivity index (χ4v) is 2.30. The normalized spacial score (nSPS) is 13.8. The standard InChI is InChI=1S/C13H13N3O/c1-16-7-6-10-12(14-8-15-13(10)17)9-4-2-3-5-11(9)16/h2-5,8H,6-7H2,1H3,(H,14,15,17). The highest BCUT2D eigenvalue weighted by Gasteiger charge is 2.19. The number of fused-ring (bicyclic) bond motifs is 3. The minimum Gasteiger partial charge on any atom is -0.374 e. The Morgan fingerprint density at radius 3 is 3.06 bits per heavy atom. The lowest BCUT2D eigenvalue weighted by molar-refractivity contribution is 0.872. The van der Waals surface area contributed by atoms with Crippen LogP contribution in [-0.2, 0) is 6.42 Å². The van der Waals surface area contributed by atoms with E-state index in [0.717, 1.165) is 35.5 Å². The molecule has 0 amide bonds. The average molecular weight is 227 g/mol. The number of para-hydroxylation sites is 1. The van der Waals surface area contributed by atoms with Crippen molar-refractivity contribution in [2.24, 2.45) is 0 Å². The van der Waals surface area contributed by atoms with Gasteiger partial charge in [-0.05, 0) is 12.5 Å². The molecular formula is C13H13N3O. The van der Waals surface area contributed by atoms with Crippen molar-refractivity contribution in [3.63, 3.8) is 0 Å². The molecule has 86 valence electrons. The van der Waals surface area contributed by atoms with Crippen LogP contribution in [0.3, 0.4) is 0 Å². The van der Waals surface area contributed by atoms with Gasteiger partial charge in [-0.1, -0.05) is 18.2 Å². The summed E-state index contributed by atoms with van der Waals surface area (Å²) >= 11 is 0. The lowest BCUT2D eigenvalue weighted by Gasteiger charge is -2.18. The number of nitrogens with zero attached hydrogens (tertiary/aromatic N) is 2. The average Bonchev–Trinajstić information content (AvgIpc) is 2.50. The zero-order valence-electron chi connectivity index (χ0n) is 9.60. The van der Waals surface area contributed by atoms with Crippen LogP contribution >= 0.6 is 0 Å². The molecule has 0 bridgehead atoms. The predicted molar refractivity (Wildman–Crippen MR) is 67.3 cm³/mol. The van der Waals surface area contributed by atoms with E-state index >= 15 is 0 Å². The van der Waals surface area contributed by atoms with Gasteiger partial charge in [0.25, 0.3) is 5.56 Å². The number of H-pyrrole nitrogens is 1. The van der Waals surface area contributed by atoms with Gasteiger partial charge in [0.1, 0.15) is 0 Å². The summed E-state index contributed by atoms with van der Waals surface area (Å²) in [6.07, 6.45) is 2.20. The van der Waals surface area contributed by atoms with Crippen LogP contribution in [0, 0.1) is 0 Å². The maximum absolute atomic E-state index is 11.8. The number of hydrogen-bond acceptors (Lipinski definition) is 3. The number of nitrogens with one attached hydrogen (secondary N) is 1. The van der Waals surface area contributed by atoms with Crippen molar-refractivity contribution in [2.75, 3.05) is 18.5 Å². The van der Waals surface area contributed by atoms with Crippen LogP contribution in [0.1, 0.15) is 5.56 Å². The summed E-state index contributed by atoms with van der Waals surface area (Å²) in [5, 5.41) is 0. The molecule has 1 aromatic carbocycles. The van der Waals surface area contributed by atoms with Crippen LogP contribution in [0.2, 0.25) is 0 Å². The van der Waals surface area contributed by atoms with Crippen molar-refractivity contribution in [1.82, 2.24) is 9.97 Å². The summed E-state index contributed by atoms with van der Waals surface area (Å²) in [5.74, 6) is 0. The van der Waals surface area contributed by atoms with E-state index in [0.29, 0.717) is 0 Å². The zero-order valence-corrected chi connectivity index (χ0v) is 9.60. The molecule has 0 atom stereocenters. The number of aromatic amines is 1. The van der Waals surface area contributed by atoms with Gasteiger partial charge in [-0.25, -0.2) is 4.98 Å². The molecule has 0 fully saturated rings. The van der Waals surface area contributed by atoms with Gasteiger partial charge in [0.2, 0.25) is 0 Å². The maximum Gasteiger partial charge on any atom is 0.254 e. The highest BCUT2D eigenvalue weighted by atomic mass is 16.1. The largest absolute Gasteiger partial charge is 0.374 e. The molecule has 4 nitrogen and oxygen atoms in total. The van der Waals surface area contributed by atoms with Crippen molar-refractivity contribution < 1.29 is 0 Å². The van der Waals surface area contributed by atoms with E-state index in [-0.39, 0.29) is 5.56 Å². The van der Waals surface area contributed by atoms with Crippen LogP contribution in [-0.4, -0.2) is 23.6 Å². The molecular weight excluding hydrogens is 214 g/mol. The van der Waals surface area contributed by atoms with Crippen LogP contribution in [0.4, 0.5) is 5.69 Å². The van der Waals surface area contributed by atoms with Crippen molar-refractivity contribution >= 4 is 5.69 Å². The molecule has 4 heteroatoms. The van der Waals surface area contributed by atoms with Crippen LogP contribution in [0.25, 0.3) is 11.3 Å². The summed E-state index contributed by atoms with van der Waals surface area (Å²) in [6.45, 7) is 0.832. The zero-order chi connectivity index (χ0) is 11.8. The molecule has 0 unspecified atom stereocenters. The Balaban J connectivity index is 2.34. The molecule has 1 aromatic heterocycles. The van der Waals surface area contributed by atoms with Gasteiger partial charge >= 0.3 is 0 Å². The van der Waals surface area contributed by atoms with Gasteiger partial charge in [0.15, 0.2) is 0 Å². The fourth-order valence-electron chi connectivity index (χ4n) is 2.30. The quantitative estimate of drug-likeness (QED) is 0.740. The molecule has 0 spiro atoms. The van der Waals surface area contributed by atoms with Crippen molar-refractivity contribution in [3.05, 3.63) is 46.5 Å². The van der Waals surface area contributed by atoms with Gasteiger partial charge < -0.3 is 9.88 Å². The molecule has 3 rings (SSSR count). The molecule has 17 heavy (non-hydrogen) atoms.